The van der Waals surface area contributed by atoms with Gasteiger partial charge in [0.15, 0.2) is 11.6 Å². The summed E-state index contributed by atoms with van der Waals surface area (Å²) in [7, 11) is 10.2. The highest BCUT2D eigenvalue weighted by Crippen LogP contribution is 2.38. The van der Waals surface area contributed by atoms with Crippen molar-refractivity contribution < 1.29 is 19.4 Å². The number of anilines is 2. The first-order valence-corrected chi connectivity index (χ1v) is 29.0. The molecule has 0 radical (unpaired) electrons. The molecular weight excluding hydrogens is 1190 g/mol. The molecule has 18 heteroatoms. The van der Waals surface area contributed by atoms with Crippen LogP contribution in [0.3, 0.4) is 0 Å². The lowest BCUT2D eigenvalue weighted by Crippen LogP contribution is -2.41. The smallest absolute Gasteiger partial charge is 0.369 e. The number of nitrogens with zero attached hydrogens (tertiary/aromatic N) is 8. The van der Waals surface area contributed by atoms with Gasteiger partial charge in [-0.15, -0.1) is 47.3 Å². The summed E-state index contributed by atoms with van der Waals surface area (Å²) in [5.74, 6) is 1.02. The van der Waals surface area contributed by atoms with Crippen molar-refractivity contribution in [3.63, 3.8) is 0 Å². The Morgan fingerprint density at radius 3 is 1.46 bits per heavy atom. The zero-order chi connectivity index (χ0) is 55.3. The van der Waals surface area contributed by atoms with E-state index < -0.39 is 0 Å². The van der Waals surface area contributed by atoms with Crippen LogP contribution in [0.2, 0.25) is 0 Å². The maximum atomic E-state index is 13.6. The van der Waals surface area contributed by atoms with Crippen molar-refractivity contribution in [2.24, 2.45) is 0 Å². The van der Waals surface area contributed by atoms with Crippen LogP contribution in [-0.2, 0) is 0 Å². The molecule has 6 heterocycles. The van der Waals surface area contributed by atoms with Crippen molar-refractivity contribution >= 4 is 117 Å². The molecule has 2 saturated heterocycles. The zero-order valence-corrected chi connectivity index (χ0v) is 49.4. The van der Waals surface area contributed by atoms with Gasteiger partial charge in [-0.05, 0) is 137 Å². The fourth-order valence-electron chi connectivity index (χ4n) is 10.8. The number of hydrogen-bond acceptors (Lipinski definition) is 12. The molecule has 0 spiro atoms. The second kappa shape index (κ2) is 24.6. The number of rotatable bonds is 11. The highest BCUT2D eigenvalue weighted by Gasteiger charge is 2.25. The molecule has 2 fully saturated rings. The molecule has 402 valence electrons. The summed E-state index contributed by atoms with van der Waals surface area (Å²) < 4.78 is 5.93. The molecule has 0 aliphatic carbocycles. The largest absolute Gasteiger partial charge is 0.507 e. The van der Waals surface area contributed by atoms with Crippen LogP contribution in [0.25, 0.3) is 65.9 Å². The fraction of sp³-hybridized carbons (Fsp3) is 0.246. The Morgan fingerprint density at radius 2 is 1.00 bits per heavy atom. The molecule has 0 bridgehead atoms. The lowest BCUT2D eigenvalue weighted by molar-refractivity contribution is 0.102. The summed E-state index contributed by atoms with van der Waals surface area (Å²) >= 11 is 9.31. The van der Waals surface area contributed by atoms with E-state index in [0.29, 0.717) is 40.3 Å². The van der Waals surface area contributed by atoms with Crippen LogP contribution in [0, 0.1) is 0 Å². The molecule has 2 aliphatic heterocycles. The number of methoxy groups -OCH3 is 1. The molecule has 12 rings (SSSR count). The number of aromatic hydroxyl groups is 1. The van der Waals surface area contributed by atoms with Crippen LogP contribution in [0.5, 0.6) is 11.5 Å². The second-order valence-electron chi connectivity index (χ2n) is 20.3. The van der Waals surface area contributed by atoms with Crippen LogP contribution < -0.4 is 14.5 Å². The monoisotopic (exact) mass is 1240 g/mol. The molecule has 0 saturated carbocycles. The molecule has 4 aromatic heterocycles. The quantitative estimate of drug-likeness (QED) is 0.0832. The number of phenolic OH excluding ortho intramolecular Hbond substituents is 1. The molecule has 10 aromatic rings. The minimum absolute atomic E-state index is 0.0991. The Morgan fingerprint density at radius 1 is 0.570 bits per heavy atom. The van der Waals surface area contributed by atoms with E-state index in [9.17, 15) is 14.7 Å². The maximum Gasteiger partial charge on any atom is 0.369 e. The van der Waals surface area contributed by atoms with E-state index in [1.807, 2.05) is 79.1 Å². The standard InChI is InChI=1S/C31H31N5O2.C30H29N5O2.BBr3/c1-35(2)22-12-14-36(15-13-22)23-9-10-27-28(17-23)34-31(33-27)30(37)20-8-11-29(38-3)25(16-20)26-19-32-18-21-6-4-5-7-24(21)26;1-34(2)21-11-13-35(14-12-21)22-8-9-26-27(16-22)33-30(32-26)29(37)19-7-10-28(36)24(15-19)25-18-31-17-20-5-3-4-6-23(20)25;2-1(3)4/h4-11,16-19,22H,12-15H2,1-3H3,(H,33,34);3-10,15-18,21,36H,11-14H2,1-2H3,(H,32,33);. The summed E-state index contributed by atoms with van der Waals surface area (Å²) in [5.41, 5.74) is 9.62. The molecule has 2 aliphatic rings. The van der Waals surface area contributed by atoms with Gasteiger partial charge < -0.3 is 39.4 Å². The first-order chi connectivity index (χ1) is 38.2. The molecule has 3 N–H and O–H groups in total. The van der Waals surface area contributed by atoms with Crippen LogP contribution in [0.15, 0.2) is 146 Å². The summed E-state index contributed by atoms with van der Waals surface area (Å²) in [4.78, 5) is 60.9. The number of hydrogen-bond donors (Lipinski definition) is 3. The van der Waals surface area contributed by atoms with E-state index in [-0.39, 0.29) is 26.3 Å². The summed E-state index contributed by atoms with van der Waals surface area (Å²) in [5, 5.41) is 14.7. The van der Waals surface area contributed by atoms with Gasteiger partial charge in [0, 0.05) is 119 Å². The highest BCUT2D eigenvalue weighted by molar-refractivity contribution is 9.69. The predicted molar refractivity (Wildman–Crippen MR) is 332 cm³/mol. The third-order valence-electron chi connectivity index (χ3n) is 15.1. The van der Waals surface area contributed by atoms with Gasteiger partial charge in [0.25, 0.3) is 0 Å². The molecule has 79 heavy (non-hydrogen) atoms. The van der Waals surface area contributed by atoms with E-state index in [1.165, 1.54) is 0 Å². The summed E-state index contributed by atoms with van der Waals surface area (Å²) in [6.45, 7) is 4.05. The van der Waals surface area contributed by atoms with Gasteiger partial charge in [-0.25, -0.2) is 9.97 Å². The second-order valence-corrected chi connectivity index (χ2v) is 26.7. The predicted octanol–water partition coefficient (Wildman–Crippen LogP) is 12.9. The number of aromatic amines is 2. The molecule has 0 unspecified atom stereocenters. The molecule has 0 amide bonds. The molecule has 6 aromatic carbocycles. The third kappa shape index (κ3) is 12.4. The Hall–Kier alpha value is -6.96. The number of fused-ring (bicyclic) bond motifs is 4. The van der Waals surface area contributed by atoms with Gasteiger partial charge in [-0.1, -0.05) is 48.5 Å². The Kier molecular flexibility index (Phi) is 17.2. The Balaban J connectivity index is 0.000000167. The number of pyridine rings is 2. The van der Waals surface area contributed by atoms with Crippen LogP contribution >= 0.6 is 47.3 Å². The Labute approximate surface area is 484 Å². The third-order valence-corrected chi connectivity index (χ3v) is 15.1. The maximum absolute atomic E-state index is 13.6. The number of benzene rings is 6. The summed E-state index contributed by atoms with van der Waals surface area (Å²) in [6, 6.07) is 39.9. The minimum atomic E-state index is -0.223. The fourth-order valence-corrected chi connectivity index (χ4v) is 10.8. The number of phenols is 1. The first kappa shape index (κ1) is 55.4. The molecule has 14 nitrogen and oxygen atoms in total. The van der Waals surface area contributed by atoms with Crippen LogP contribution in [-0.4, -0.2) is 133 Å². The van der Waals surface area contributed by atoms with Crippen molar-refractivity contribution in [1.82, 2.24) is 39.7 Å². The number of imidazole rings is 2. The van der Waals surface area contributed by atoms with Crippen molar-refractivity contribution in [2.75, 3.05) is 71.3 Å². The van der Waals surface area contributed by atoms with Gasteiger partial charge in [-0.3, -0.25) is 19.6 Å². The normalized spacial score (nSPS) is 14.2. The average Bonchev–Trinajstić information content (AvgIpc) is 4.21. The van der Waals surface area contributed by atoms with Gasteiger partial charge in [0.05, 0.1) is 29.2 Å². The number of carbonyl (C=O) groups excluding carboxylic acids is 2. The van der Waals surface area contributed by atoms with Gasteiger partial charge in [0.1, 0.15) is 11.5 Å². The lowest BCUT2D eigenvalue weighted by Gasteiger charge is -2.36. The van der Waals surface area contributed by atoms with E-state index in [0.717, 1.165) is 124 Å². The van der Waals surface area contributed by atoms with E-state index >= 15 is 0 Å². The lowest BCUT2D eigenvalue weighted by atomic mass is 9.97. The zero-order valence-electron chi connectivity index (χ0n) is 44.6. The molecular formula is C61H60BBr3N10O4. The average molecular weight is 1250 g/mol. The number of H-pyrrole nitrogens is 2. The SMILES string of the molecule is BrB(Br)Br.CN(C)C1CCN(c2ccc3nc(C(=O)c4ccc(O)c(-c5cncc6ccccc56)c4)[nH]c3c2)CC1.COc1ccc(C(=O)c2nc3ccc(N4CCC(N(C)C)CC4)cc3[nH]2)cc1-c1cncc2ccccc12. The van der Waals surface area contributed by atoms with E-state index in [1.54, 1.807) is 43.8 Å². The van der Waals surface area contributed by atoms with Gasteiger partial charge >= 0.3 is 3.18 Å². The van der Waals surface area contributed by atoms with Crippen LogP contribution in [0.4, 0.5) is 11.4 Å². The first-order valence-electron chi connectivity index (χ1n) is 26.2. The topological polar surface area (TPSA) is 160 Å². The molecule has 0 atom stereocenters. The van der Waals surface area contributed by atoms with Crippen molar-refractivity contribution in [1.29, 1.82) is 0 Å². The van der Waals surface area contributed by atoms with Crippen molar-refractivity contribution in [3.05, 3.63) is 169 Å². The van der Waals surface area contributed by atoms with Gasteiger partial charge in [0.2, 0.25) is 11.6 Å². The minimum Gasteiger partial charge on any atom is -0.507 e. The summed E-state index contributed by atoms with van der Waals surface area (Å²) in [6.07, 6.45) is 11.7. The highest BCUT2D eigenvalue weighted by atomic mass is 79.9. The van der Waals surface area contributed by atoms with E-state index in [2.05, 4.69) is 155 Å². The number of ether oxygens (including phenoxy) is 1. The number of nitrogens with one attached hydrogen (secondary N) is 2. The number of ketones is 2. The van der Waals surface area contributed by atoms with E-state index in [4.69, 9.17) is 4.74 Å². The van der Waals surface area contributed by atoms with Crippen molar-refractivity contribution in [3.8, 4) is 33.8 Å². The number of halogens is 3. The van der Waals surface area contributed by atoms with Crippen molar-refractivity contribution in [2.45, 2.75) is 37.8 Å². The number of piperidine rings is 2. The number of aromatic nitrogens is 6. The van der Waals surface area contributed by atoms with Gasteiger partial charge in [-0.2, -0.15) is 0 Å². The van der Waals surface area contributed by atoms with Crippen LogP contribution in [0.1, 0.15) is 58.0 Å². The number of carbonyl (C=O) groups is 2. The Bertz CT molecular complexity index is 3800.